The Hall–Kier alpha value is -1.49. The van der Waals surface area contributed by atoms with Gasteiger partial charge < -0.3 is 5.11 Å². The molecule has 0 bridgehead atoms. The molecule has 12 heavy (non-hydrogen) atoms. The number of phenols is 1. The van der Waals surface area contributed by atoms with E-state index in [-0.39, 0.29) is 5.75 Å². The Kier molecular flexibility index (Phi) is 2.35. The average Bonchev–Trinajstić information content (AvgIpc) is 2.04. The van der Waals surface area contributed by atoms with Gasteiger partial charge in [0.15, 0.2) is 0 Å². The van der Waals surface area contributed by atoms with Gasteiger partial charge in [0.25, 0.3) is 0 Å². The van der Waals surface area contributed by atoms with Gasteiger partial charge >= 0.3 is 0 Å². The summed E-state index contributed by atoms with van der Waals surface area (Å²) >= 11 is 0. The van der Waals surface area contributed by atoms with Crippen LogP contribution < -0.4 is 0 Å². The molecule has 0 heterocycles. The molecule has 0 saturated carbocycles. The molecule has 2 nitrogen and oxygen atoms in total. The van der Waals surface area contributed by atoms with E-state index in [2.05, 4.69) is 4.85 Å². The largest absolute Gasteiger partial charge is 0.519 e. The molecule has 1 aromatic rings. The van der Waals surface area contributed by atoms with Crippen molar-refractivity contribution < 1.29 is 5.11 Å². The van der Waals surface area contributed by atoms with Gasteiger partial charge in [-0.05, 0) is 17.5 Å². The van der Waals surface area contributed by atoms with Crippen LogP contribution in [0.15, 0.2) is 18.2 Å². The minimum Gasteiger partial charge on any atom is -0.519 e. The molecule has 0 fully saturated rings. The Morgan fingerprint density at radius 2 is 2.08 bits per heavy atom. The maximum absolute atomic E-state index is 9.33. The van der Waals surface area contributed by atoms with Crippen molar-refractivity contribution in [3.05, 3.63) is 35.2 Å². The van der Waals surface area contributed by atoms with Gasteiger partial charge in [-0.25, -0.2) is 4.85 Å². The number of hydrogen-bond donors (Lipinski definition) is 1. The quantitative estimate of drug-likeness (QED) is 0.629. The molecular weight excluding hydrogens is 150 g/mol. The number of rotatable bonds is 1. The lowest BCUT2D eigenvalue weighted by Gasteiger charge is -2.05. The molecule has 0 amide bonds. The molecule has 0 aliphatic rings. The van der Waals surface area contributed by atoms with Crippen molar-refractivity contribution in [3.8, 4) is 5.75 Å². The summed E-state index contributed by atoms with van der Waals surface area (Å²) in [6.07, 6.45) is 0. The molecule has 0 aromatic heterocycles. The highest BCUT2D eigenvalue weighted by Gasteiger charge is 2.03. The third-order valence-corrected chi connectivity index (χ3v) is 1.79. The van der Waals surface area contributed by atoms with Crippen molar-refractivity contribution in [1.82, 2.24) is 0 Å². The topological polar surface area (TPSA) is 24.6 Å². The van der Waals surface area contributed by atoms with Crippen LogP contribution in [0.3, 0.4) is 0 Å². The van der Waals surface area contributed by atoms with Crippen LogP contribution in [0.1, 0.15) is 25.3 Å². The van der Waals surface area contributed by atoms with Crippen molar-refractivity contribution >= 4 is 5.69 Å². The molecule has 62 valence electrons. The second kappa shape index (κ2) is 3.27. The first-order chi connectivity index (χ1) is 5.65. The number of phenolic OH excluding ortho intramolecular Hbond substituents is 1. The molecule has 0 aliphatic carbocycles. The third-order valence-electron chi connectivity index (χ3n) is 1.79. The number of nitrogens with zero attached hydrogens (tertiary/aromatic N) is 1. The van der Waals surface area contributed by atoms with Gasteiger partial charge in [0, 0.05) is 0 Å². The van der Waals surface area contributed by atoms with Crippen LogP contribution in [0.25, 0.3) is 4.85 Å². The number of hydrogen-bond acceptors (Lipinski definition) is 1. The number of aromatic hydroxyl groups is 1. The van der Waals surface area contributed by atoms with E-state index >= 15 is 0 Å². The van der Waals surface area contributed by atoms with Crippen LogP contribution in [-0.4, -0.2) is 5.11 Å². The Labute approximate surface area is 72.3 Å². The van der Waals surface area contributed by atoms with E-state index in [0.717, 1.165) is 5.56 Å². The molecule has 0 atom stereocenters. The lowest BCUT2D eigenvalue weighted by Crippen LogP contribution is -1.85. The van der Waals surface area contributed by atoms with Gasteiger partial charge in [0.05, 0.1) is 6.57 Å². The molecule has 0 aliphatic heterocycles. The Balaban J connectivity index is 3.12. The predicted octanol–water partition coefficient (Wildman–Crippen LogP) is 3.07. The molecule has 2 heteroatoms. The first-order valence-corrected chi connectivity index (χ1v) is 3.85. The summed E-state index contributed by atoms with van der Waals surface area (Å²) in [7, 11) is 0. The minimum atomic E-state index is 0.0798. The van der Waals surface area contributed by atoms with Gasteiger partial charge in [-0.15, -0.1) is 0 Å². The van der Waals surface area contributed by atoms with Gasteiger partial charge in [-0.2, -0.15) is 0 Å². The maximum atomic E-state index is 9.33. The smallest absolute Gasteiger partial charge is 0.227 e. The summed E-state index contributed by atoms with van der Waals surface area (Å²) in [4.78, 5) is 3.17. The normalized spacial score (nSPS) is 9.83. The Morgan fingerprint density at radius 1 is 1.42 bits per heavy atom. The van der Waals surface area contributed by atoms with Gasteiger partial charge in [0.2, 0.25) is 5.69 Å². The standard InChI is InChI=1S/C10H11NO/c1-7(2)8-4-5-9(11-3)10(12)6-8/h4-7,12H,1-2H3. The lowest BCUT2D eigenvalue weighted by atomic mass is 10.0. The van der Waals surface area contributed by atoms with E-state index in [1.54, 1.807) is 12.1 Å². The summed E-state index contributed by atoms with van der Waals surface area (Å²) in [5.74, 6) is 0.465. The van der Waals surface area contributed by atoms with E-state index < -0.39 is 0 Å². The lowest BCUT2D eigenvalue weighted by molar-refractivity contribution is 0.477. The summed E-state index contributed by atoms with van der Waals surface area (Å²) in [5, 5.41) is 9.33. The van der Waals surface area contributed by atoms with E-state index in [4.69, 9.17) is 6.57 Å². The van der Waals surface area contributed by atoms with Crippen molar-refractivity contribution in [2.24, 2.45) is 0 Å². The second-order valence-electron chi connectivity index (χ2n) is 3.01. The molecule has 0 unspecified atom stereocenters. The zero-order chi connectivity index (χ0) is 9.14. The monoisotopic (exact) mass is 161 g/mol. The minimum absolute atomic E-state index is 0.0798. The van der Waals surface area contributed by atoms with Crippen LogP contribution >= 0.6 is 0 Å². The van der Waals surface area contributed by atoms with Gasteiger partial charge in [-0.3, -0.25) is 0 Å². The first kappa shape index (κ1) is 8.61. The summed E-state index contributed by atoms with van der Waals surface area (Å²) < 4.78 is 0. The second-order valence-corrected chi connectivity index (χ2v) is 3.01. The number of benzene rings is 1. The SMILES string of the molecule is [C-]#[N+]c1ccc(C(C)C)cc1O. The van der Waals surface area contributed by atoms with E-state index in [1.807, 2.05) is 19.9 Å². The first-order valence-electron chi connectivity index (χ1n) is 3.85. The Bertz CT molecular complexity index is 323. The molecule has 1 N–H and O–H groups in total. The Morgan fingerprint density at radius 3 is 2.50 bits per heavy atom. The summed E-state index contributed by atoms with van der Waals surface area (Å²) in [6.45, 7) is 10.8. The average molecular weight is 161 g/mol. The zero-order valence-corrected chi connectivity index (χ0v) is 7.20. The fourth-order valence-electron chi connectivity index (χ4n) is 0.994. The zero-order valence-electron chi connectivity index (χ0n) is 7.20. The van der Waals surface area contributed by atoms with Crippen molar-refractivity contribution in [1.29, 1.82) is 0 Å². The summed E-state index contributed by atoms with van der Waals surface area (Å²) in [5.41, 5.74) is 1.37. The van der Waals surface area contributed by atoms with E-state index in [0.29, 0.717) is 11.6 Å². The summed E-state index contributed by atoms with van der Waals surface area (Å²) in [6, 6.07) is 5.17. The highest BCUT2D eigenvalue weighted by atomic mass is 16.3. The van der Waals surface area contributed by atoms with E-state index in [9.17, 15) is 5.11 Å². The molecule has 1 aromatic carbocycles. The van der Waals surface area contributed by atoms with Gasteiger partial charge in [0.1, 0.15) is 5.75 Å². The van der Waals surface area contributed by atoms with Crippen molar-refractivity contribution in [2.45, 2.75) is 19.8 Å². The third kappa shape index (κ3) is 1.57. The molecule has 0 spiro atoms. The fraction of sp³-hybridized carbons (Fsp3) is 0.300. The molecule has 0 saturated heterocycles. The van der Waals surface area contributed by atoms with Gasteiger partial charge in [-0.1, -0.05) is 26.0 Å². The van der Waals surface area contributed by atoms with E-state index in [1.165, 1.54) is 0 Å². The predicted molar refractivity (Wildman–Crippen MR) is 48.5 cm³/mol. The maximum Gasteiger partial charge on any atom is 0.227 e. The fourth-order valence-corrected chi connectivity index (χ4v) is 0.994. The van der Waals surface area contributed by atoms with Crippen LogP contribution in [-0.2, 0) is 0 Å². The van der Waals surface area contributed by atoms with Crippen LogP contribution in [0.2, 0.25) is 0 Å². The molecular formula is C10H11NO. The van der Waals surface area contributed by atoms with Crippen LogP contribution in [0, 0.1) is 6.57 Å². The molecule has 1 rings (SSSR count). The highest BCUT2D eigenvalue weighted by Crippen LogP contribution is 2.29. The van der Waals surface area contributed by atoms with Crippen LogP contribution in [0.4, 0.5) is 5.69 Å². The van der Waals surface area contributed by atoms with Crippen LogP contribution in [0.5, 0.6) is 5.75 Å². The van der Waals surface area contributed by atoms with Crippen molar-refractivity contribution in [3.63, 3.8) is 0 Å². The molecule has 0 radical (unpaired) electrons. The highest BCUT2D eigenvalue weighted by molar-refractivity contribution is 5.57. The van der Waals surface area contributed by atoms with Crippen molar-refractivity contribution in [2.75, 3.05) is 0 Å².